The van der Waals surface area contributed by atoms with Crippen molar-refractivity contribution in [2.45, 2.75) is 47.1 Å². The smallest absolute Gasteiger partial charge is 0.121 e. The first-order chi connectivity index (χ1) is 8.94. The predicted molar refractivity (Wildman–Crippen MR) is 88.2 cm³/mol. The largest absolute Gasteiger partial charge is 0.264 e. The van der Waals surface area contributed by atoms with Crippen LogP contribution in [0.5, 0.6) is 0 Å². The molecule has 0 bridgehead atoms. The van der Waals surface area contributed by atoms with Gasteiger partial charge in [0.25, 0.3) is 0 Å². The summed E-state index contributed by atoms with van der Waals surface area (Å²) in [5, 5.41) is 0. The van der Waals surface area contributed by atoms with Crippen LogP contribution in [-0.2, 0) is 0 Å². The van der Waals surface area contributed by atoms with E-state index in [1.807, 2.05) is 45.9 Å². The highest BCUT2D eigenvalue weighted by Gasteiger charge is 1.98. The van der Waals surface area contributed by atoms with E-state index in [2.05, 4.69) is 30.1 Å². The maximum absolute atomic E-state index is 4.47. The second-order valence-electron chi connectivity index (χ2n) is 4.47. The van der Waals surface area contributed by atoms with Crippen LogP contribution in [0.3, 0.4) is 0 Å². The molecule has 0 spiro atoms. The molecular weight excluding hydrogens is 232 g/mol. The van der Waals surface area contributed by atoms with E-state index in [4.69, 9.17) is 0 Å². The molecule has 19 heavy (non-hydrogen) atoms. The van der Waals surface area contributed by atoms with Gasteiger partial charge in [-0.2, -0.15) is 0 Å². The van der Waals surface area contributed by atoms with Crippen molar-refractivity contribution in [2.75, 3.05) is 0 Å². The van der Waals surface area contributed by atoms with Gasteiger partial charge in [0.15, 0.2) is 0 Å². The van der Waals surface area contributed by atoms with Crippen molar-refractivity contribution in [3.8, 4) is 0 Å². The number of hydrogen-bond acceptors (Lipinski definition) is 1. The summed E-state index contributed by atoms with van der Waals surface area (Å²) in [7, 11) is 0. The van der Waals surface area contributed by atoms with Crippen molar-refractivity contribution in [1.29, 1.82) is 0 Å². The molecule has 0 aliphatic carbocycles. The molecule has 0 aliphatic heterocycles. The van der Waals surface area contributed by atoms with Crippen LogP contribution in [0.2, 0.25) is 0 Å². The van der Waals surface area contributed by atoms with Crippen LogP contribution in [0.25, 0.3) is 0 Å². The lowest BCUT2D eigenvalue weighted by Gasteiger charge is -2.04. The van der Waals surface area contributed by atoms with Crippen molar-refractivity contribution < 1.29 is 0 Å². The zero-order chi connectivity index (χ0) is 14.8. The van der Waals surface area contributed by atoms with Crippen LogP contribution in [-0.4, -0.2) is 17.6 Å². The molecule has 0 aromatic rings. The summed E-state index contributed by atoms with van der Waals surface area (Å²) in [5.74, 6) is 0.756. The molecule has 2 heteroatoms. The predicted octanol–water partition coefficient (Wildman–Crippen LogP) is 4.91. The molecule has 0 saturated heterocycles. The number of nitrogens with zero attached hydrogens (tertiary/aromatic N) is 2. The van der Waals surface area contributed by atoms with Crippen molar-refractivity contribution >= 4 is 11.5 Å². The third-order valence-corrected chi connectivity index (χ3v) is 2.71. The van der Waals surface area contributed by atoms with Crippen LogP contribution >= 0.6 is 0 Å². The van der Waals surface area contributed by atoms with Gasteiger partial charge in [-0.3, -0.25) is 4.99 Å². The van der Waals surface area contributed by atoms with Crippen molar-refractivity contribution in [2.24, 2.45) is 9.98 Å². The van der Waals surface area contributed by atoms with Gasteiger partial charge < -0.3 is 0 Å². The average Bonchev–Trinajstić information content (AvgIpc) is 2.36. The van der Waals surface area contributed by atoms with E-state index in [1.165, 1.54) is 0 Å². The summed E-state index contributed by atoms with van der Waals surface area (Å²) < 4.78 is 0. The lowest BCUT2D eigenvalue weighted by Crippen LogP contribution is -2.01. The van der Waals surface area contributed by atoms with Gasteiger partial charge in [-0.1, -0.05) is 37.8 Å². The van der Waals surface area contributed by atoms with E-state index in [1.54, 1.807) is 6.08 Å². The van der Waals surface area contributed by atoms with Gasteiger partial charge in [-0.25, -0.2) is 4.99 Å². The summed E-state index contributed by atoms with van der Waals surface area (Å²) in [5.41, 5.74) is 3.07. The highest BCUT2D eigenvalue weighted by Crippen LogP contribution is 2.10. The summed E-state index contributed by atoms with van der Waals surface area (Å²) in [6.07, 6.45) is 8.71. The number of rotatable bonds is 6. The molecular formula is C17H26N2. The topological polar surface area (TPSA) is 24.7 Å². The molecule has 2 nitrogen and oxygen atoms in total. The van der Waals surface area contributed by atoms with Crippen molar-refractivity contribution in [1.82, 2.24) is 0 Å². The lowest BCUT2D eigenvalue weighted by atomic mass is 10.1. The summed E-state index contributed by atoms with van der Waals surface area (Å²) in [6.45, 7) is 17.9. The van der Waals surface area contributed by atoms with Gasteiger partial charge >= 0.3 is 0 Å². The zero-order valence-electron chi connectivity index (χ0n) is 12.9. The third-order valence-electron chi connectivity index (χ3n) is 2.71. The Morgan fingerprint density at radius 1 is 1.32 bits per heavy atom. The molecule has 0 N–H and O–H groups in total. The first-order valence-corrected chi connectivity index (χ1v) is 6.69. The lowest BCUT2D eigenvalue weighted by molar-refractivity contribution is 0.919. The molecule has 0 aliphatic rings. The highest BCUT2D eigenvalue weighted by atomic mass is 14.9. The van der Waals surface area contributed by atoms with E-state index in [0.29, 0.717) is 0 Å². The number of allylic oxidation sites excluding steroid dienone is 5. The number of aliphatic imine (C=N–C) groups is 2. The minimum atomic E-state index is 0.149. The first-order valence-electron chi connectivity index (χ1n) is 6.69. The molecule has 0 rings (SSSR count). The fraction of sp³-hybridized carbons (Fsp3) is 0.412. The molecule has 0 radical (unpaired) electrons. The van der Waals surface area contributed by atoms with Gasteiger partial charge in [0, 0.05) is 0 Å². The van der Waals surface area contributed by atoms with E-state index in [0.717, 1.165) is 29.1 Å². The molecule has 104 valence electrons. The van der Waals surface area contributed by atoms with Gasteiger partial charge in [0.1, 0.15) is 5.84 Å². The molecule has 0 aromatic heterocycles. The van der Waals surface area contributed by atoms with Crippen LogP contribution < -0.4 is 0 Å². The van der Waals surface area contributed by atoms with Gasteiger partial charge in [-0.05, 0) is 51.8 Å². The molecule has 0 fully saturated rings. The van der Waals surface area contributed by atoms with E-state index in [-0.39, 0.29) is 6.04 Å². The summed E-state index contributed by atoms with van der Waals surface area (Å²) >= 11 is 0. The monoisotopic (exact) mass is 258 g/mol. The standard InChI is InChI=1S/C17H26N2/c1-8-11-15(6)18-16(7)19-17(10-3)12-14(5)13(4)9-2/h8,10-12,15H,3-4,9H2,1-2,5-7H3/b11-8?,14-12+,18-16?,19-17?. The quantitative estimate of drug-likeness (QED) is 0.280. The Morgan fingerprint density at radius 2 is 1.95 bits per heavy atom. The van der Waals surface area contributed by atoms with Crippen molar-refractivity contribution in [3.63, 3.8) is 0 Å². The fourth-order valence-corrected chi connectivity index (χ4v) is 1.57. The van der Waals surface area contributed by atoms with E-state index < -0.39 is 0 Å². The van der Waals surface area contributed by atoms with Crippen LogP contribution in [0.4, 0.5) is 0 Å². The second kappa shape index (κ2) is 9.26. The minimum absolute atomic E-state index is 0.149. The number of hydrogen-bond donors (Lipinski definition) is 0. The van der Waals surface area contributed by atoms with Gasteiger partial charge in [0.2, 0.25) is 0 Å². The van der Waals surface area contributed by atoms with Gasteiger partial charge in [0.05, 0.1) is 11.8 Å². The summed E-state index contributed by atoms with van der Waals surface area (Å²) in [4.78, 5) is 8.94. The fourth-order valence-electron chi connectivity index (χ4n) is 1.57. The SMILES string of the molecule is C=CC(/C=C(\C)C(=C)CC)=NC(C)=NC(C)C=CC. The Hall–Kier alpha value is -1.70. The van der Waals surface area contributed by atoms with Crippen LogP contribution in [0, 0.1) is 0 Å². The first kappa shape index (κ1) is 17.3. The maximum Gasteiger partial charge on any atom is 0.121 e. The maximum atomic E-state index is 4.47. The minimum Gasteiger partial charge on any atom is -0.264 e. The molecule has 1 unspecified atom stereocenters. The Balaban J connectivity index is 5.10. The Labute approximate surface area is 118 Å². The summed E-state index contributed by atoms with van der Waals surface area (Å²) in [6, 6.07) is 0.149. The van der Waals surface area contributed by atoms with Crippen LogP contribution in [0.15, 0.2) is 58.6 Å². The zero-order valence-corrected chi connectivity index (χ0v) is 12.9. The molecule has 0 heterocycles. The second-order valence-corrected chi connectivity index (χ2v) is 4.47. The average molecular weight is 258 g/mol. The van der Waals surface area contributed by atoms with Gasteiger partial charge in [-0.15, -0.1) is 0 Å². The molecule has 0 amide bonds. The third kappa shape index (κ3) is 7.35. The molecule has 0 saturated carbocycles. The Kier molecular flexibility index (Phi) is 8.43. The normalized spacial score (nSPS) is 15.7. The molecule has 0 aromatic carbocycles. The van der Waals surface area contributed by atoms with Crippen LogP contribution in [0.1, 0.15) is 41.0 Å². The van der Waals surface area contributed by atoms with E-state index in [9.17, 15) is 0 Å². The highest BCUT2D eigenvalue weighted by molar-refractivity contribution is 6.10. The number of amidine groups is 1. The van der Waals surface area contributed by atoms with E-state index >= 15 is 0 Å². The Morgan fingerprint density at radius 3 is 2.42 bits per heavy atom. The molecule has 1 atom stereocenters. The van der Waals surface area contributed by atoms with Crippen molar-refractivity contribution in [3.05, 3.63) is 48.6 Å². The Bertz CT molecular complexity index is 434.